The van der Waals surface area contributed by atoms with Crippen molar-refractivity contribution >= 4 is 42.4 Å². The number of fused-ring (bicyclic) bond motifs is 1. The molecule has 2 aromatic carbocycles. The zero-order chi connectivity index (χ0) is 22.0. The number of thiazole rings is 1. The van der Waals surface area contributed by atoms with Gasteiger partial charge in [0.2, 0.25) is 5.91 Å². The maximum Gasteiger partial charge on any atom is 0.222 e. The molecule has 0 radical (unpaired) electrons. The lowest BCUT2D eigenvalue weighted by Crippen LogP contribution is -2.48. The number of anilines is 1. The maximum atomic E-state index is 12.6. The Morgan fingerprint density at radius 3 is 2.48 bits per heavy atom. The summed E-state index contributed by atoms with van der Waals surface area (Å²) in [6.07, 6.45) is 0.596. The van der Waals surface area contributed by atoms with E-state index in [0.29, 0.717) is 24.4 Å². The van der Waals surface area contributed by atoms with Crippen LogP contribution >= 0.6 is 11.3 Å². The predicted octanol–water partition coefficient (Wildman–Crippen LogP) is 3.82. The molecule has 1 fully saturated rings. The number of aryl methyl sites for hydroxylation is 2. The number of carbonyl (C=O) groups excluding carboxylic acids is 1. The molecule has 1 aromatic heterocycles. The fraction of sp³-hybridized carbons (Fsp3) is 0.391. The van der Waals surface area contributed by atoms with Crippen LogP contribution < -0.4 is 4.90 Å². The number of rotatable bonds is 6. The fourth-order valence-corrected chi connectivity index (χ4v) is 6.36. The first-order valence-corrected chi connectivity index (χ1v) is 13.0. The number of amides is 1. The molecular weight excluding hydrogens is 430 g/mol. The summed E-state index contributed by atoms with van der Waals surface area (Å²) >= 11 is 1.71. The second-order valence-corrected chi connectivity index (χ2v) is 11.1. The van der Waals surface area contributed by atoms with Gasteiger partial charge in [-0.2, -0.15) is 0 Å². The first-order chi connectivity index (χ1) is 14.8. The van der Waals surface area contributed by atoms with Crippen LogP contribution in [-0.2, 0) is 14.6 Å². The lowest BCUT2D eigenvalue weighted by Gasteiger charge is -2.34. The molecule has 1 amide bonds. The summed E-state index contributed by atoms with van der Waals surface area (Å²) in [5.74, 6) is 0.0198. The van der Waals surface area contributed by atoms with Crippen LogP contribution in [0.4, 0.5) is 5.13 Å². The van der Waals surface area contributed by atoms with Gasteiger partial charge in [0.05, 0.1) is 20.9 Å². The van der Waals surface area contributed by atoms with Gasteiger partial charge in [-0.05, 0) is 49.6 Å². The van der Waals surface area contributed by atoms with Crippen LogP contribution in [0, 0.1) is 13.8 Å². The normalized spacial score (nSPS) is 14.9. The van der Waals surface area contributed by atoms with Crippen molar-refractivity contribution in [1.82, 2.24) is 9.88 Å². The number of sulfone groups is 1. The standard InChI is InChI=1S/C23H27N3O3S2/c1-17-15-18(2)22-20(16-17)24-23(30-22)26-12-10-25(11-13-26)21(27)9-6-14-31(28,29)19-7-4-3-5-8-19/h3-5,7-8,15-16H,6,9-14H2,1-2H3. The smallest absolute Gasteiger partial charge is 0.222 e. The molecule has 8 heteroatoms. The van der Waals surface area contributed by atoms with Gasteiger partial charge in [-0.3, -0.25) is 4.79 Å². The molecule has 0 spiro atoms. The summed E-state index contributed by atoms with van der Waals surface area (Å²) in [5.41, 5.74) is 3.50. The molecule has 3 aromatic rings. The van der Waals surface area contributed by atoms with E-state index in [-0.39, 0.29) is 18.1 Å². The number of piperazine rings is 1. The number of aromatic nitrogens is 1. The highest BCUT2D eigenvalue weighted by Crippen LogP contribution is 2.32. The van der Waals surface area contributed by atoms with Gasteiger partial charge < -0.3 is 9.80 Å². The summed E-state index contributed by atoms with van der Waals surface area (Å²) in [6.45, 7) is 6.96. The van der Waals surface area contributed by atoms with E-state index in [1.807, 2.05) is 4.90 Å². The average molecular weight is 458 g/mol. The van der Waals surface area contributed by atoms with Gasteiger partial charge in [-0.15, -0.1) is 0 Å². The van der Waals surface area contributed by atoms with E-state index >= 15 is 0 Å². The zero-order valence-electron chi connectivity index (χ0n) is 17.9. The SMILES string of the molecule is Cc1cc(C)c2sc(N3CCN(C(=O)CCCS(=O)(=O)c4ccccc4)CC3)nc2c1. The van der Waals surface area contributed by atoms with Gasteiger partial charge in [0.1, 0.15) is 0 Å². The highest BCUT2D eigenvalue weighted by molar-refractivity contribution is 7.91. The minimum Gasteiger partial charge on any atom is -0.345 e. The minimum absolute atomic E-state index is 0.00676. The van der Waals surface area contributed by atoms with E-state index in [0.717, 1.165) is 23.7 Å². The van der Waals surface area contributed by atoms with Crippen molar-refractivity contribution in [3.8, 4) is 0 Å². The molecule has 164 valence electrons. The quantitative estimate of drug-likeness (QED) is 0.563. The Hall–Kier alpha value is -2.45. The Morgan fingerprint density at radius 2 is 1.77 bits per heavy atom. The Labute approximate surface area is 187 Å². The molecule has 4 rings (SSSR count). The largest absolute Gasteiger partial charge is 0.345 e. The van der Waals surface area contributed by atoms with Crippen LogP contribution in [0.1, 0.15) is 24.0 Å². The molecule has 0 bridgehead atoms. The summed E-state index contributed by atoms with van der Waals surface area (Å²) < 4.78 is 26.0. The van der Waals surface area contributed by atoms with Crippen molar-refractivity contribution in [1.29, 1.82) is 0 Å². The molecule has 0 atom stereocenters. The van der Waals surface area contributed by atoms with Gasteiger partial charge >= 0.3 is 0 Å². The van der Waals surface area contributed by atoms with Crippen molar-refractivity contribution in [2.45, 2.75) is 31.6 Å². The van der Waals surface area contributed by atoms with Crippen molar-refractivity contribution in [3.05, 3.63) is 53.6 Å². The van der Waals surface area contributed by atoms with Gasteiger partial charge in [0.25, 0.3) is 0 Å². The van der Waals surface area contributed by atoms with E-state index in [2.05, 4.69) is 30.9 Å². The first kappa shape index (κ1) is 21.8. The maximum absolute atomic E-state index is 12.6. The minimum atomic E-state index is -3.34. The Kier molecular flexibility index (Phi) is 6.29. The van der Waals surface area contributed by atoms with E-state index in [4.69, 9.17) is 4.98 Å². The number of nitrogens with zero attached hydrogens (tertiary/aromatic N) is 3. The summed E-state index contributed by atoms with van der Waals surface area (Å²) in [4.78, 5) is 21.8. The Morgan fingerprint density at radius 1 is 1.06 bits per heavy atom. The van der Waals surface area contributed by atoms with Gasteiger partial charge in [-0.25, -0.2) is 13.4 Å². The number of hydrogen-bond donors (Lipinski definition) is 0. The van der Waals surface area contributed by atoms with Crippen molar-refractivity contribution < 1.29 is 13.2 Å². The van der Waals surface area contributed by atoms with Crippen LogP contribution in [0.2, 0.25) is 0 Å². The third-order valence-corrected chi connectivity index (χ3v) is 8.70. The topological polar surface area (TPSA) is 70.6 Å². The summed E-state index contributed by atoms with van der Waals surface area (Å²) in [6, 6.07) is 12.7. The number of hydrogen-bond acceptors (Lipinski definition) is 6. The van der Waals surface area contributed by atoms with Gasteiger partial charge in [0, 0.05) is 32.6 Å². The highest BCUT2D eigenvalue weighted by Gasteiger charge is 2.24. The third kappa shape index (κ3) is 4.91. The van der Waals surface area contributed by atoms with Crippen molar-refractivity contribution in [2.75, 3.05) is 36.8 Å². The highest BCUT2D eigenvalue weighted by atomic mass is 32.2. The molecule has 1 aliphatic heterocycles. The third-order valence-electron chi connectivity index (χ3n) is 5.62. The molecule has 31 heavy (non-hydrogen) atoms. The van der Waals surface area contributed by atoms with Gasteiger partial charge in [0.15, 0.2) is 15.0 Å². The second kappa shape index (κ2) is 8.96. The molecule has 0 N–H and O–H groups in total. The van der Waals surface area contributed by atoms with Crippen molar-refractivity contribution in [2.24, 2.45) is 0 Å². The summed E-state index contributed by atoms with van der Waals surface area (Å²) in [5, 5.41) is 1.00. The fourth-order valence-electron chi connectivity index (χ4n) is 3.96. The zero-order valence-corrected chi connectivity index (χ0v) is 19.5. The van der Waals surface area contributed by atoms with Gasteiger partial charge in [-0.1, -0.05) is 35.6 Å². The van der Waals surface area contributed by atoms with Crippen LogP contribution in [0.3, 0.4) is 0 Å². The van der Waals surface area contributed by atoms with E-state index in [1.165, 1.54) is 15.8 Å². The van der Waals surface area contributed by atoms with Crippen molar-refractivity contribution in [3.63, 3.8) is 0 Å². The molecule has 1 saturated heterocycles. The second-order valence-electron chi connectivity index (χ2n) is 8.03. The Bertz CT molecular complexity index is 1180. The van der Waals surface area contributed by atoms with Crippen LogP contribution in [0.5, 0.6) is 0 Å². The number of benzene rings is 2. The van der Waals surface area contributed by atoms with E-state index < -0.39 is 9.84 Å². The molecule has 6 nitrogen and oxygen atoms in total. The molecule has 0 aliphatic carbocycles. The van der Waals surface area contributed by atoms with E-state index in [1.54, 1.807) is 41.7 Å². The lowest BCUT2D eigenvalue weighted by molar-refractivity contribution is -0.131. The molecule has 2 heterocycles. The molecule has 0 saturated carbocycles. The molecule has 1 aliphatic rings. The monoisotopic (exact) mass is 457 g/mol. The first-order valence-electron chi connectivity index (χ1n) is 10.5. The van der Waals surface area contributed by atoms with Crippen LogP contribution in [0.25, 0.3) is 10.2 Å². The van der Waals surface area contributed by atoms with Crippen LogP contribution in [0.15, 0.2) is 47.4 Å². The Balaban J connectivity index is 1.30. The average Bonchev–Trinajstić information content (AvgIpc) is 3.19. The summed E-state index contributed by atoms with van der Waals surface area (Å²) in [7, 11) is -3.34. The van der Waals surface area contributed by atoms with Crippen LogP contribution in [-0.4, -0.2) is 56.1 Å². The molecular formula is C23H27N3O3S2. The lowest BCUT2D eigenvalue weighted by atomic mass is 10.1. The predicted molar refractivity (Wildman–Crippen MR) is 126 cm³/mol. The van der Waals surface area contributed by atoms with E-state index in [9.17, 15) is 13.2 Å². The molecule has 0 unspecified atom stereocenters. The number of carbonyl (C=O) groups is 1.